The van der Waals surface area contributed by atoms with Crippen LogP contribution in [0.4, 0.5) is 0 Å². The summed E-state index contributed by atoms with van der Waals surface area (Å²) in [7, 11) is 0. The van der Waals surface area contributed by atoms with Crippen LogP contribution >= 0.6 is 0 Å². The maximum absolute atomic E-state index is 11.4. The van der Waals surface area contributed by atoms with Crippen LogP contribution in [0.15, 0.2) is 24.3 Å². The molecule has 132 valence electrons. The number of rotatable bonds is 13. The zero-order chi connectivity index (χ0) is 16.8. The van der Waals surface area contributed by atoms with Gasteiger partial charge in [0.1, 0.15) is 0 Å². The van der Waals surface area contributed by atoms with Crippen molar-refractivity contribution in [3.63, 3.8) is 0 Å². The van der Waals surface area contributed by atoms with E-state index in [4.69, 9.17) is 4.74 Å². The molecule has 0 fully saturated rings. The summed E-state index contributed by atoms with van der Waals surface area (Å²) in [4.78, 5) is 11.4. The minimum atomic E-state index is -0.625. The SMILES string of the molecule is CCCCCCCCCCCCOC1(NC(C)=O)C=CC=CC1. The van der Waals surface area contributed by atoms with Crippen LogP contribution < -0.4 is 5.32 Å². The van der Waals surface area contributed by atoms with E-state index in [2.05, 4.69) is 12.2 Å². The van der Waals surface area contributed by atoms with Gasteiger partial charge in [0.2, 0.25) is 5.91 Å². The molecule has 1 aliphatic rings. The van der Waals surface area contributed by atoms with E-state index in [0.29, 0.717) is 13.0 Å². The predicted octanol–water partition coefficient (Wildman–Crippen LogP) is 5.27. The van der Waals surface area contributed by atoms with Crippen molar-refractivity contribution in [1.82, 2.24) is 5.32 Å². The number of carbonyl (C=O) groups is 1. The molecule has 0 aromatic rings. The fourth-order valence-corrected chi connectivity index (χ4v) is 2.98. The molecule has 0 aliphatic heterocycles. The highest BCUT2D eigenvalue weighted by molar-refractivity contribution is 5.74. The van der Waals surface area contributed by atoms with E-state index < -0.39 is 5.72 Å². The van der Waals surface area contributed by atoms with Crippen LogP contribution in [0, 0.1) is 0 Å². The summed E-state index contributed by atoms with van der Waals surface area (Å²) in [5.41, 5.74) is -0.625. The number of hydrogen-bond donors (Lipinski definition) is 1. The van der Waals surface area contributed by atoms with Gasteiger partial charge in [-0.2, -0.15) is 0 Å². The number of allylic oxidation sites excluding steroid dienone is 2. The number of amides is 1. The molecule has 1 N–H and O–H groups in total. The van der Waals surface area contributed by atoms with Crippen molar-refractivity contribution in [1.29, 1.82) is 0 Å². The lowest BCUT2D eigenvalue weighted by Crippen LogP contribution is -2.48. The van der Waals surface area contributed by atoms with Crippen LogP contribution in [0.1, 0.15) is 84.5 Å². The molecular weight excluding hydrogens is 286 g/mol. The van der Waals surface area contributed by atoms with Crippen molar-refractivity contribution < 1.29 is 9.53 Å². The zero-order valence-corrected chi connectivity index (χ0v) is 15.1. The largest absolute Gasteiger partial charge is 0.352 e. The van der Waals surface area contributed by atoms with Gasteiger partial charge in [0.05, 0.1) is 0 Å². The quantitative estimate of drug-likeness (QED) is 0.370. The monoisotopic (exact) mass is 321 g/mol. The Morgan fingerprint density at radius 3 is 2.13 bits per heavy atom. The minimum absolute atomic E-state index is 0.0481. The Morgan fingerprint density at radius 1 is 1.00 bits per heavy atom. The molecular formula is C20H35NO2. The van der Waals surface area contributed by atoms with Gasteiger partial charge < -0.3 is 10.1 Å². The molecule has 3 heteroatoms. The average molecular weight is 322 g/mol. The first-order chi connectivity index (χ1) is 11.2. The van der Waals surface area contributed by atoms with Gasteiger partial charge in [0.15, 0.2) is 5.72 Å². The van der Waals surface area contributed by atoms with E-state index >= 15 is 0 Å². The smallest absolute Gasteiger partial charge is 0.219 e. The Bertz CT molecular complexity index is 376. The van der Waals surface area contributed by atoms with Crippen molar-refractivity contribution in [3.05, 3.63) is 24.3 Å². The molecule has 1 aliphatic carbocycles. The number of hydrogen-bond acceptors (Lipinski definition) is 2. The first kappa shape index (κ1) is 20.0. The van der Waals surface area contributed by atoms with Crippen LogP contribution in [-0.4, -0.2) is 18.2 Å². The van der Waals surface area contributed by atoms with E-state index in [1.165, 1.54) is 64.7 Å². The number of ether oxygens (including phenoxy) is 1. The molecule has 0 heterocycles. The lowest BCUT2D eigenvalue weighted by molar-refractivity contribution is -0.127. The van der Waals surface area contributed by atoms with Crippen LogP contribution in [-0.2, 0) is 9.53 Å². The van der Waals surface area contributed by atoms with Gasteiger partial charge in [-0.25, -0.2) is 0 Å². The molecule has 23 heavy (non-hydrogen) atoms. The maximum Gasteiger partial charge on any atom is 0.219 e. The summed E-state index contributed by atoms with van der Waals surface area (Å²) >= 11 is 0. The van der Waals surface area contributed by atoms with E-state index in [0.717, 1.165) is 6.42 Å². The summed E-state index contributed by atoms with van der Waals surface area (Å²) in [6.07, 6.45) is 21.8. The van der Waals surface area contributed by atoms with Crippen molar-refractivity contribution in [2.24, 2.45) is 0 Å². The third-order valence-electron chi connectivity index (χ3n) is 4.28. The Kier molecular flexibility index (Phi) is 10.7. The highest BCUT2D eigenvalue weighted by Gasteiger charge is 2.28. The van der Waals surface area contributed by atoms with Gasteiger partial charge in [-0.1, -0.05) is 82.9 Å². The van der Waals surface area contributed by atoms with Crippen molar-refractivity contribution in [2.45, 2.75) is 90.2 Å². The van der Waals surface area contributed by atoms with Gasteiger partial charge in [0, 0.05) is 20.0 Å². The molecule has 0 aromatic heterocycles. The van der Waals surface area contributed by atoms with Crippen molar-refractivity contribution in [3.8, 4) is 0 Å². The zero-order valence-electron chi connectivity index (χ0n) is 15.1. The van der Waals surface area contributed by atoms with Gasteiger partial charge in [-0.3, -0.25) is 4.79 Å². The normalized spacial score (nSPS) is 19.9. The lowest BCUT2D eigenvalue weighted by Gasteiger charge is -2.32. The summed E-state index contributed by atoms with van der Waals surface area (Å²) in [6, 6.07) is 0. The molecule has 1 amide bonds. The second-order valence-electron chi connectivity index (χ2n) is 6.59. The summed E-state index contributed by atoms with van der Waals surface area (Å²) in [5.74, 6) is -0.0481. The molecule has 1 atom stereocenters. The molecule has 0 radical (unpaired) electrons. The van der Waals surface area contributed by atoms with E-state index in [1.54, 1.807) is 0 Å². The fourth-order valence-electron chi connectivity index (χ4n) is 2.98. The molecule has 0 saturated heterocycles. The number of nitrogens with one attached hydrogen (secondary N) is 1. The second-order valence-corrected chi connectivity index (χ2v) is 6.59. The Labute approximate surface area is 142 Å². The van der Waals surface area contributed by atoms with Gasteiger partial charge in [-0.05, 0) is 12.5 Å². The molecule has 1 rings (SSSR count). The molecule has 0 bridgehead atoms. The summed E-state index contributed by atoms with van der Waals surface area (Å²) in [5, 5.41) is 2.93. The van der Waals surface area contributed by atoms with Crippen LogP contribution in [0.5, 0.6) is 0 Å². The average Bonchev–Trinajstić information content (AvgIpc) is 2.53. The Balaban J connectivity index is 2.03. The van der Waals surface area contributed by atoms with E-state index in [9.17, 15) is 4.79 Å². The Morgan fingerprint density at radius 2 is 1.61 bits per heavy atom. The number of unbranched alkanes of at least 4 members (excludes halogenated alkanes) is 9. The van der Waals surface area contributed by atoms with E-state index in [-0.39, 0.29) is 5.91 Å². The minimum Gasteiger partial charge on any atom is -0.352 e. The number of carbonyl (C=O) groups excluding carboxylic acids is 1. The van der Waals surface area contributed by atoms with Gasteiger partial charge >= 0.3 is 0 Å². The van der Waals surface area contributed by atoms with Crippen molar-refractivity contribution in [2.75, 3.05) is 6.61 Å². The highest BCUT2D eigenvalue weighted by atomic mass is 16.5. The van der Waals surface area contributed by atoms with Crippen molar-refractivity contribution >= 4 is 5.91 Å². The standard InChI is InChI=1S/C20H35NO2/c1-3-4-5-6-7-8-9-10-11-15-18-23-20(21-19(2)22)16-13-12-14-17-20/h12-14,16H,3-11,15,17-18H2,1-2H3,(H,21,22). The molecule has 1 unspecified atom stereocenters. The lowest BCUT2D eigenvalue weighted by atomic mass is 10.0. The summed E-state index contributed by atoms with van der Waals surface area (Å²) < 4.78 is 5.98. The molecule has 0 saturated carbocycles. The Hall–Kier alpha value is -1.09. The molecule has 3 nitrogen and oxygen atoms in total. The predicted molar refractivity (Wildman–Crippen MR) is 97.2 cm³/mol. The highest BCUT2D eigenvalue weighted by Crippen LogP contribution is 2.20. The maximum atomic E-state index is 11.4. The fraction of sp³-hybridized carbons (Fsp3) is 0.750. The van der Waals surface area contributed by atoms with E-state index in [1.807, 2.05) is 24.3 Å². The van der Waals surface area contributed by atoms with Gasteiger partial charge in [0.25, 0.3) is 0 Å². The van der Waals surface area contributed by atoms with Crippen LogP contribution in [0.3, 0.4) is 0 Å². The van der Waals surface area contributed by atoms with Crippen LogP contribution in [0.2, 0.25) is 0 Å². The van der Waals surface area contributed by atoms with Gasteiger partial charge in [-0.15, -0.1) is 0 Å². The molecule has 0 aromatic carbocycles. The third kappa shape index (κ3) is 9.60. The first-order valence-electron chi connectivity index (χ1n) is 9.45. The molecule has 0 spiro atoms. The third-order valence-corrected chi connectivity index (χ3v) is 4.28. The second kappa shape index (κ2) is 12.3. The first-order valence-corrected chi connectivity index (χ1v) is 9.45. The van der Waals surface area contributed by atoms with Crippen LogP contribution in [0.25, 0.3) is 0 Å². The summed E-state index contributed by atoms with van der Waals surface area (Å²) in [6.45, 7) is 4.50. The topological polar surface area (TPSA) is 38.3 Å².